The Hall–Kier alpha value is -2.73. The lowest BCUT2D eigenvalue weighted by Gasteiger charge is -2.28. The van der Waals surface area contributed by atoms with Crippen LogP contribution in [0.5, 0.6) is 5.75 Å². The second-order valence-electron chi connectivity index (χ2n) is 7.07. The monoisotopic (exact) mass is 398 g/mol. The van der Waals surface area contributed by atoms with Gasteiger partial charge in [-0.05, 0) is 44.4 Å². The van der Waals surface area contributed by atoms with Crippen LogP contribution in [0.4, 0.5) is 5.82 Å². The molecule has 146 valence electrons. The maximum absolute atomic E-state index is 6.10. The van der Waals surface area contributed by atoms with Crippen molar-refractivity contribution >= 4 is 40.2 Å². The first-order valence-corrected chi connectivity index (χ1v) is 9.42. The van der Waals surface area contributed by atoms with Crippen LogP contribution in [-0.4, -0.2) is 35.2 Å². The highest BCUT2D eigenvalue weighted by Gasteiger charge is 2.19. The largest absolute Gasteiger partial charge is 0.493 e. The summed E-state index contributed by atoms with van der Waals surface area (Å²) in [5, 5.41) is 1.02. The van der Waals surface area contributed by atoms with Crippen LogP contribution >= 0.6 is 12.4 Å². The number of aromatic amines is 1. The van der Waals surface area contributed by atoms with Gasteiger partial charge in [-0.15, -0.1) is 12.4 Å². The lowest BCUT2D eigenvalue weighted by molar-refractivity contribution is 0.411. The highest BCUT2D eigenvalue weighted by molar-refractivity contribution is 5.92. The third-order valence-corrected chi connectivity index (χ3v) is 5.22. The Kier molecular flexibility index (Phi) is 4.89. The van der Waals surface area contributed by atoms with Crippen LogP contribution in [0, 0.1) is 6.92 Å². The Balaban J connectivity index is 0.00000192. The van der Waals surface area contributed by atoms with Crippen molar-refractivity contribution in [2.75, 3.05) is 25.1 Å². The summed E-state index contributed by atoms with van der Waals surface area (Å²) in [6.07, 6.45) is 3.71. The number of furan rings is 1. The molecule has 0 amide bonds. The molecule has 0 saturated carbocycles. The number of piperidine rings is 1. The van der Waals surface area contributed by atoms with E-state index in [2.05, 4.69) is 14.9 Å². The minimum Gasteiger partial charge on any atom is -0.493 e. The first-order valence-electron chi connectivity index (χ1n) is 9.42. The molecule has 1 aliphatic heterocycles. The third-order valence-electron chi connectivity index (χ3n) is 5.22. The number of hydrogen-bond donors (Lipinski definition) is 1. The van der Waals surface area contributed by atoms with E-state index in [-0.39, 0.29) is 12.4 Å². The number of methoxy groups -OCH3 is 1. The number of ether oxygens (including phenoxy) is 1. The molecule has 6 nitrogen and oxygen atoms in total. The van der Waals surface area contributed by atoms with Crippen molar-refractivity contribution in [2.24, 2.45) is 0 Å². The summed E-state index contributed by atoms with van der Waals surface area (Å²) in [6.45, 7) is 4.04. The first kappa shape index (κ1) is 18.6. The first-order chi connectivity index (χ1) is 13.2. The van der Waals surface area contributed by atoms with Gasteiger partial charge in [0, 0.05) is 18.5 Å². The number of fused-ring (bicyclic) bond motifs is 2. The fourth-order valence-corrected chi connectivity index (χ4v) is 3.91. The molecule has 0 unspecified atom stereocenters. The molecule has 0 radical (unpaired) electrons. The summed E-state index contributed by atoms with van der Waals surface area (Å²) in [5.74, 6) is 3.30. The van der Waals surface area contributed by atoms with Crippen molar-refractivity contribution in [1.82, 2.24) is 15.0 Å². The molecule has 0 bridgehead atoms. The van der Waals surface area contributed by atoms with Crippen molar-refractivity contribution in [2.45, 2.75) is 26.2 Å². The lowest BCUT2D eigenvalue weighted by atomic mass is 10.1. The third kappa shape index (κ3) is 3.07. The van der Waals surface area contributed by atoms with Crippen molar-refractivity contribution in [3.63, 3.8) is 0 Å². The van der Waals surface area contributed by atoms with Gasteiger partial charge < -0.3 is 19.0 Å². The summed E-state index contributed by atoms with van der Waals surface area (Å²) < 4.78 is 11.5. The normalized spacial score (nSPS) is 14.4. The maximum Gasteiger partial charge on any atom is 0.176 e. The van der Waals surface area contributed by atoms with Gasteiger partial charge in [0.2, 0.25) is 0 Å². The SMILES string of the molecule is COc1cccc2cc(-c3cc4nc(C)nc(N5CCCCC5)c4[nH]3)oc12.Cl. The topological polar surface area (TPSA) is 67.2 Å². The zero-order valence-corrected chi connectivity index (χ0v) is 16.8. The fraction of sp³-hybridized carbons (Fsp3) is 0.333. The Morgan fingerprint density at radius 1 is 1.11 bits per heavy atom. The predicted molar refractivity (Wildman–Crippen MR) is 114 cm³/mol. The highest BCUT2D eigenvalue weighted by atomic mass is 35.5. The summed E-state index contributed by atoms with van der Waals surface area (Å²) in [5.41, 5.74) is 3.56. The van der Waals surface area contributed by atoms with E-state index in [1.807, 2.05) is 37.3 Å². The van der Waals surface area contributed by atoms with Gasteiger partial charge in [-0.2, -0.15) is 0 Å². The van der Waals surface area contributed by atoms with E-state index in [1.54, 1.807) is 7.11 Å². The van der Waals surface area contributed by atoms with E-state index in [9.17, 15) is 0 Å². The Bertz CT molecular complexity index is 1130. The van der Waals surface area contributed by atoms with Crippen LogP contribution in [0.15, 0.2) is 34.7 Å². The van der Waals surface area contributed by atoms with Gasteiger partial charge in [0.25, 0.3) is 0 Å². The average molecular weight is 399 g/mol. The number of benzene rings is 1. The molecular weight excluding hydrogens is 376 g/mol. The van der Waals surface area contributed by atoms with Crippen molar-refractivity contribution in [3.8, 4) is 17.2 Å². The number of nitrogens with zero attached hydrogens (tertiary/aromatic N) is 3. The zero-order valence-electron chi connectivity index (χ0n) is 16.0. The van der Waals surface area contributed by atoms with Gasteiger partial charge in [0.05, 0.1) is 18.3 Å². The molecule has 1 N–H and O–H groups in total. The molecule has 4 heterocycles. The van der Waals surface area contributed by atoms with E-state index in [0.29, 0.717) is 0 Å². The minimum absolute atomic E-state index is 0. The van der Waals surface area contributed by atoms with Crippen LogP contribution < -0.4 is 9.64 Å². The Morgan fingerprint density at radius 3 is 2.71 bits per heavy atom. The standard InChI is InChI=1S/C21H22N4O2.ClH/c1-13-22-16-12-15(18-11-14-7-6-8-17(26-2)20(14)27-18)24-19(16)21(23-13)25-9-4-3-5-10-25;/h6-8,11-12,24H,3-5,9-10H2,1-2H3;1H. The van der Waals surface area contributed by atoms with Gasteiger partial charge in [0.1, 0.15) is 11.3 Å². The van der Waals surface area contributed by atoms with Crippen LogP contribution in [0.25, 0.3) is 33.5 Å². The van der Waals surface area contributed by atoms with E-state index in [1.165, 1.54) is 19.3 Å². The lowest BCUT2D eigenvalue weighted by Crippen LogP contribution is -2.30. The maximum atomic E-state index is 6.10. The van der Waals surface area contributed by atoms with E-state index in [0.717, 1.165) is 63.9 Å². The molecule has 1 aromatic carbocycles. The number of hydrogen-bond acceptors (Lipinski definition) is 5. The molecule has 3 aromatic heterocycles. The number of aryl methyl sites for hydroxylation is 1. The number of halogens is 1. The van der Waals surface area contributed by atoms with Gasteiger partial charge in [-0.25, -0.2) is 9.97 Å². The van der Waals surface area contributed by atoms with Gasteiger partial charge in [-0.1, -0.05) is 12.1 Å². The second kappa shape index (κ2) is 7.36. The smallest absolute Gasteiger partial charge is 0.176 e. The van der Waals surface area contributed by atoms with Crippen molar-refractivity contribution in [3.05, 3.63) is 36.2 Å². The van der Waals surface area contributed by atoms with Crippen molar-refractivity contribution < 1.29 is 9.15 Å². The summed E-state index contributed by atoms with van der Waals surface area (Å²) in [6, 6.07) is 9.97. The molecule has 7 heteroatoms. The quantitative estimate of drug-likeness (QED) is 0.520. The molecule has 28 heavy (non-hydrogen) atoms. The molecule has 0 spiro atoms. The molecule has 5 rings (SSSR count). The Morgan fingerprint density at radius 2 is 1.93 bits per heavy atom. The number of anilines is 1. The molecule has 4 aromatic rings. The van der Waals surface area contributed by atoms with E-state index < -0.39 is 0 Å². The van der Waals surface area contributed by atoms with Gasteiger partial charge in [-0.3, -0.25) is 0 Å². The predicted octanol–water partition coefficient (Wildman–Crippen LogP) is 5.10. The molecular formula is C21H23ClN4O2. The van der Waals surface area contributed by atoms with Gasteiger partial charge >= 0.3 is 0 Å². The minimum atomic E-state index is 0. The number of H-pyrrole nitrogens is 1. The second-order valence-corrected chi connectivity index (χ2v) is 7.07. The van der Waals surface area contributed by atoms with Crippen LogP contribution in [0.2, 0.25) is 0 Å². The Labute approximate surface area is 169 Å². The number of rotatable bonds is 3. The summed E-state index contributed by atoms with van der Waals surface area (Å²) >= 11 is 0. The fourth-order valence-electron chi connectivity index (χ4n) is 3.91. The van der Waals surface area contributed by atoms with Crippen LogP contribution in [-0.2, 0) is 0 Å². The molecule has 1 fully saturated rings. The van der Waals surface area contributed by atoms with E-state index in [4.69, 9.17) is 14.1 Å². The van der Waals surface area contributed by atoms with Gasteiger partial charge in [0.15, 0.2) is 22.9 Å². The van der Waals surface area contributed by atoms with Crippen LogP contribution in [0.1, 0.15) is 25.1 Å². The van der Waals surface area contributed by atoms with E-state index >= 15 is 0 Å². The molecule has 0 aliphatic carbocycles. The highest BCUT2D eigenvalue weighted by Crippen LogP contribution is 2.35. The summed E-state index contributed by atoms with van der Waals surface area (Å²) in [4.78, 5) is 15.2. The molecule has 1 saturated heterocycles. The zero-order chi connectivity index (χ0) is 18.4. The van der Waals surface area contributed by atoms with Crippen molar-refractivity contribution in [1.29, 1.82) is 0 Å². The molecule has 1 aliphatic rings. The van der Waals surface area contributed by atoms with Crippen LogP contribution in [0.3, 0.4) is 0 Å². The average Bonchev–Trinajstić information content (AvgIpc) is 3.31. The number of para-hydroxylation sites is 1. The number of nitrogens with one attached hydrogen (secondary N) is 1. The summed E-state index contributed by atoms with van der Waals surface area (Å²) in [7, 11) is 1.66. The molecule has 0 atom stereocenters. The number of aromatic nitrogens is 3.